The number of hydrogen-bond acceptors (Lipinski definition) is 4. The maximum Gasteiger partial charge on any atom is 0.240 e. The average molecular weight is 349 g/mol. The lowest BCUT2D eigenvalue weighted by molar-refractivity contribution is -0.0248. The van der Waals surface area contributed by atoms with Crippen LogP contribution in [0, 0.1) is 0 Å². The van der Waals surface area contributed by atoms with Gasteiger partial charge in [0.1, 0.15) is 0 Å². The van der Waals surface area contributed by atoms with Crippen LogP contribution in [0.3, 0.4) is 0 Å². The molecule has 3 N–H and O–H groups in total. The Hall–Kier alpha value is -0.470. The maximum absolute atomic E-state index is 12.2. The monoisotopic (exact) mass is 348 g/mol. The minimum Gasteiger partial charge on any atom is -0.377 e. The lowest BCUT2D eigenvalue weighted by Gasteiger charge is -2.42. The number of hydrogen-bond donors (Lipinski definition) is 2. The molecular formula is C12H17BrN2O3S. The Morgan fingerprint density at radius 3 is 2.58 bits per heavy atom. The van der Waals surface area contributed by atoms with Gasteiger partial charge in [-0.05, 0) is 37.6 Å². The highest BCUT2D eigenvalue weighted by Gasteiger charge is 2.41. The van der Waals surface area contributed by atoms with Crippen LogP contribution < -0.4 is 10.5 Å². The summed E-state index contributed by atoms with van der Waals surface area (Å²) in [6, 6.07) is 5.93. The third-order valence-electron chi connectivity index (χ3n) is 3.16. The van der Waals surface area contributed by atoms with E-state index in [1.165, 1.54) is 0 Å². The second-order valence-electron chi connectivity index (χ2n) is 4.49. The number of ether oxygens (including phenoxy) is 1. The molecule has 3 atom stereocenters. The van der Waals surface area contributed by atoms with Crippen molar-refractivity contribution in [1.29, 1.82) is 0 Å². The first-order valence-electron chi connectivity index (χ1n) is 6.09. The molecule has 0 amide bonds. The minimum atomic E-state index is -3.55. The van der Waals surface area contributed by atoms with E-state index in [4.69, 9.17) is 10.5 Å². The van der Waals surface area contributed by atoms with Gasteiger partial charge in [-0.3, -0.25) is 0 Å². The SMILES string of the molecule is CCOC1CC(N)C1NS(=O)(=O)c1ccc(Br)cc1. The molecule has 19 heavy (non-hydrogen) atoms. The molecular weight excluding hydrogens is 332 g/mol. The van der Waals surface area contributed by atoms with Crippen LogP contribution in [0.2, 0.25) is 0 Å². The van der Waals surface area contributed by atoms with Gasteiger partial charge in [-0.2, -0.15) is 0 Å². The van der Waals surface area contributed by atoms with Gasteiger partial charge < -0.3 is 10.5 Å². The van der Waals surface area contributed by atoms with E-state index in [-0.39, 0.29) is 23.1 Å². The van der Waals surface area contributed by atoms with Crippen molar-refractivity contribution in [3.63, 3.8) is 0 Å². The summed E-state index contributed by atoms with van der Waals surface area (Å²) >= 11 is 3.27. The summed E-state index contributed by atoms with van der Waals surface area (Å²) in [5, 5.41) is 0. The van der Waals surface area contributed by atoms with Gasteiger partial charge in [-0.25, -0.2) is 13.1 Å². The first kappa shape index (κ1) is 14.9. The van der Waals surface area contributed by atoms with Crippen LogP contribution >= 0.6 is 15.9 Å². The predicted octanol–water partition coefficient (Wildman–Crippen LogP) is 1.23. The summed E-state index contributed by atoms with van der Waals surface area (Å²) in [5.41, 5.74) is 5.84. The summed E-state index contributed by atoms with van der Waals surface area (Å²) < 4.78 is 33.3. The molecule has 3 unspecified atom stereocenters. The van der Waals surface area contributed by atoms with E-state index < -0.39 is 10.0 Å². The Bertz CT molecular complexity index is 530. The highest BCUT2D eigenvalue weighted by molar-refractivity contribution is 9.10. The van der Waals surface area contributed by atoms with Crippen LogP contribution in [-0.2, 0) is 14.8 Å². The van der Waals surface area contributed by atoms with Gasteiger partial charge in [0.05, 0.1) is 17.0 Å². The standard InChI is InChI=1S/C12H17BrN2O3S/c1-2-18-11-7-10(14)12(11)15-19(16,17)9-5-3-8(13)4-6-9/h3-6,10-12,15H,2,7,14H2,1H3. The molecule has 1 fully saturated rings. The fraction of sp³-hybridized carbons (Fsp3) is 0.500. The summed E-state index contributed by atoms with van der Waals surface area (Å²) in [7, 11) is -3.55. The molecule has 1 saturated carbocycles. The van der Waals surface area contributed by atoms with Gasteiger partial charge in [0.15, 0.2) is 0 Å². The highest BCUT2D eigenvalue weighted by Crippen LogP contribution is 2.25. The molecule has 1 aliphatic carbocycles. The van der Waals surface area contributed by atoms with E-state index in [0.29, 0.717) is 13.0 Å². The van der Waals surface area contributed by atoms with Crippen molar-refractivity contribution in [1.82, 2.24) is 4.72 Å². The first-order valence-corrected chi connectivity index (χ1v) is 8.36. The average Bonchev–Trinajstić information content (AvgIpc) is 2.37. The van der Waals surface area contributed by atoms with E-state index in [1.54, 1.807) is 24.3 Å². The smallest absolute Gasteiger partial charge is 0.240 e. The van der Waals surface area contributed by atoms with Gasteiger partial charge in [-0.15, -0.1) is 0 Å². The van der Waals surface area contributed by atoms with Crippen molar-refractivity contribution >= 4 is 26.0 Å². The van der Waals surface area contributed by atoms with Gasteiger partial charge in [0.25, 0.3) is 0 Å². The number of nitrogens with two attached hydrogens (primary N) is 1. The van der Waals surface area contributed by atoms with E-state index >= 15 is 0 Å². The Kier molecular flexibility index (Phi) is 4.62. The fourth-order valence-corrected chi connectivity index (χ4v) is 3.63. The van der Waals surface area contributed by atoms with Crippen LogP contribution in [0.1, 0.15) is 13.3 Å². The molecule has 0 aromatic heterocycles. The molecule has 1 aliphatic rings. The van der Waals surface area contributed by atoms with E-state index in [2.05, 4.69) is 20.7 Å². The van der Waals surface area contributed by atoms with Crippen molar-refractivity contribution in [2.75, 3.05) is 6.61 Å². The zero-order chi connectivity index (χ0) is 14.0. The lowest BCUT2D eigenvalue weighted by atomic mass is 9.84. The van der Waals surface area contributed by atoms with Gasteiger partial charge in [-0.1, -0.05) is 15.9 Å². The molecule has 0 spiro atoms. The van der Waals surface area contributed by atoms with Crippen LogP contribution in [0.4, 0.5) is 0 Å². The number of sulfonamides is 1. The summed E-state index contributed by atoms with van der Waals surface area (Å²) in [5.74, 6) is 0. The summed E-state index contributed by atoms with van der Waals surface area (Å²) in [4.78, 5) is 0.227. The fourth-order valence-electron chi connectivity index (χ4n) is 2.05. The second-order valence-corrected chi connectivity index (χ2v) is 7.12. The van der Waals surface area contributed by atoms with E-state index in [1.807, 2.05) is 6.92 Å². The molecule has 0 bridgehead atoms. The van der Waals surface area contributed by atoms with Crippen molar-refractivity contribution in [3.05, 3.63) is 28.7 Å². The highest BCUT2D eigenvalue weighted by atomic mass is 79.9. The minimum absolute atomic E-state index is 0.134. The Labute approximate surface area is 121 Å². The van der Waals surface area contributed by atoms with Gasteiger partial charge in [0.2, 0.25) is 10.0 Å². The van der Waals surface area contributed by atoms with Crippen molar-refractivity contribution in [2.24, 2.45) is 5.73 Å². The molecule has 2 rings (SSSR count). The third-order valence-corrected chi connectivity index (χ3v) is 5.17. The maximum atomic E-state index is 12.2. The van der Waals surface area contributed by atoms with Crippen LogP contribution in [-0.4, -0.2) is 33.2 Å². The Balaban J connectivity index is 2.10. The van der Waals surface area contributed by atoms with Crippen molar-refractivity contribution < 1.29 is 13.2 Å². The molecule has 1 aromatic rings. The molecule has 0 aliphatic heterocycles. The van der Waals surface area contributed by atoms with Gasteiger partial charge >= 0.3 is 0 Å². The molecule has 0 saturated heterocycles. The molecule has 0 radical (unpaired) electrons. The predicted molar refractivity (Wildman–Crippen MR) is 76.3 cm³/mol. The zero-order valence-corrected chi connectivity index (χ0v) is 12.9. The largest absolute Gasteiger partial charge is 0.377 e. The molecule has 7 heteroatoms. The van der Waals surface area contributed by atoms with Crippen LogP contribution in [0.5, 0.6) is 0 Å². The molecule has 5 nitrogen and oxygen atoms in total. The molecule has 106 valence electrons. The summed E-state index contributed by atoms with van der Waals surface area (Å²) in [6.07, 6.45) is 0.548. The second kappa shape index (κ2) is 5.88. The normalized spacial score (nSPS) is 27.0. The van der Waals surface area contributed by atoms with E-state index in [0.717, 1.165) is 4.47 Å². The molecule has 1 aromatic carbocycles. The van der Waals surface area contributed by atoms with Crippen molar-refractivity contribution in [2.45, 2.75) is 36.4 Å². The van der Waals surface area contributed by atoms with Crippen molar-refractivity contribution in [3.8, 4) is 0 Å². The first-order chi connectivity index (χ1) is 8.94. The van der Waals surface area contributed by atoms with Crippen LogP contribution in [0.25, 0.3) is 0 Å². The zero-order valence-electron chi connectivity index (χ0n) is 10.5. The number of benzene rings is 1. The number of nitrogens with one attached hydrogen (secondary N) is 1. The topological polar surface area (TPSA) is 81.4 Å². The van der Waals surface area contributed by atoms with Gasteiger partial charge in [0, 0.05) is 17.1 Å². The number of rotatable bonds is 5. The third kappa shape index (κ3) is 3.35. The lowest BCUT2D eigenvalue weighted by Crippen LogP contribution is -2.64. The van der Waals surface area contributed by atoms with Crippen LogP contribution in [0.15, 0.2) is 33.6 Å². The summed E-state index contributed by atoms with van der Waals surface area (Å²) in [6.45, 7) is 2.43. The van der Waals surface area contributed by atoms with E-state index in [9.17, 15) is 8.42 Å². The molecule has 0 heterocycles. The Morgan fingerprint density at radius 1 is 1.42 bits per heavy atom. The number of halogens is 1. The quantitative estimate of drug-likeness (QED) is 0.838. The Morgan fingerprint density at radius 2 is 2.05 bits per heavy atom.